The Labute approximate surface area is 149 Å². The number of amides is 1. The lowest BCUT2D eigenvalue weighted by Crippen LogP contribution is -2.51. The van der Waals surface area contributed by atoms with Crippen molar-refractivity contribution in [2.24, 2.45) is 0 Å². The number of para-hydroxylation sites is 2. The average molecular weight is 348 g/mol. The summed E-state index contributed by atoms with van der Waals surface area (Å²) in [5.41, 5.74) is 0.827. The normalized spacial score (nSPS) is 22.7. The van der Waals surface area contributed by atoms with E-state index in [4.69, 9.17) is 9.47 Å². The zero-order valence-electron chi connectivity index (χ0n) is 14.9. The van der Waals surface area contributed by atoms with Gasteiger partial charge >= 0.3 is 0 Å². The summed E-state index contributed by atoms with van der Waals surface area (Å²) >= 11 is 0. The van der Waals surface area contributed by atoms with E-state index >= 15 is 0 Å². The average Bonchev–Trinajstić information content (AvgIpc) is 2.67. The van der Waals surface area contributed by atoms with Crippen LogP contribution >= 0.6 is 0 Å². The number of piperazine rings is 1. The molecule has 1 N–H and O–H groups in total. The van der Waals surface area contributed by atoms with Gasteiger partial charge in [0.1, 0.15) is 11.9 Å². The van der Waals surface area contributed by atoms with Gasteiger partial charge in [0.2, 0.25) is 0 Å². The molecule has 138 valence electrons. The molecule has 1 aromatic carbocycles. The summed E-state index contributed by atoms with van der Waals surface area (Å²) in [6.45, 7) is 5.81. The van der Waals surface area contributed by atoms with Crippen molar-refractivity contribution in [3.8, 4) is 5.75 Å². The Morgan fingerprint density at radius 3 is 2.72 bits per heavy atom. The first-order chi connectivity index (χ1) is 12.1. The van der Waals surface area contributed by atoms with Gasteiger partial charge < -0.3 is 24.4 Å². The molecule has 2 fully saturated rings. The van der Waals surface area contributed by atoms with Crippen LogP contribution in [0.4, 0.5) is 5.69 Å². The van der Waals surface area contributed by atoms with Crippen LogP contribution in [0, 0.1) is 0 Å². The third-order valence-corrected chi connectivity index (χ3v) is 4.97. The molecule has 1 amide bonds. The molecule has 6 nitrogen and oxygen atoms in total. The van der Waals surface area contributed by atoms with Crippen molar-refractivity contribution in [3.63, 3.8) is 0 Å². The van der Waals surface area contributed by atoms with Gasteiger partial charge in [-0.25, -0.2) is 0 Å². The second-order valence-electron chi connectivity index (χ2n) is 6.77. The number of anilines is 1. The van der Waals surface area contributed by atoms with E-state index in [1.807, 2.05) is 30.0 Å². The smallest absolute Gasteiger partial charge is 0.251 e. The van der Waals surface area contributed by atoms with E-state index in [2.05, 4.69) is 4.90 Å². The highest BCUT2D eigenvalue weighted by molar-refractivity contribution is 5.81. The number of phenols is 1. The first-order valence-corrected chi connectivity index (χ1v) is 9.20. The second-order valence-corrected chi connectivity index (χ2v) is 6.77. The molecule has 0 radical (unpaired) electrons. The number of rotatable bonds is 5. The van der Waals surface area contributed by atoms with E-state index in [0.29, 0.717) is 32.8 Å². The van der Waals surface area contributed by atoms with E-state index in [1.54, 1.807) is 6.07 Å². The SMILES string of the molecule is C[C@@H](OC[C@H]1CCCCO1)C(=O)N1CCN(c2ccccc2O)CC1. The molecular formula is C19H28N2O4. The van der Waals surface area contributed by atoms with Crippen molar-refractivity contribution in [2.75, 3.05) is 44.3 Å². The Kier molecular flexibility index (Phi) is 6.15. The van der Waals surface area contributed by atoms with Gasteiger partial charge in [0, 0.05) is 32.8 Å². The van der Waals surface area contributed by atoms with Crippen molar-refractivity contribution < 1.29 is 19.4 Å². The minimum atomic E-state index is -0.442. The zero-order valence-corrected chi connectivity index (χ0v) is 14.9. The van der Waals surface area contributed by atoms with Crippen LogP contribution < -0.4 is 4.90 Å². The van der Waals surface area contributed by atoms with Gasteiger partial charge in [-0.15, -0.1) is 0 Å². The monoisotopic (exact) mass is 348 g/mol. The molecule has 6 heteroatoms. The summed E-state index contributed by atoms with van der Waals surface area (Å²) in [5, 5.41) is 9.97. The van der Waals surface area contributed by atoms with Gasteiger partial charge in [-0.1, -0.05) is 12.1 Å². The summed E-state index contributed by atoms with van der Waals surface area (Å²) in [7, 11) is 0. The number of aromatic hydroxyl groups is 1. The maximum absolute atomic E-state index is 12.6. The zero-order chi connectivity index (χ0) is 17.6. The predicted octanol–water partition coefficient (Wildman–Crippen LogP) is 2.01. The van der Waals surface area contributed by atoms with E-state index in [9.17, 15) is 9.90 Å². The number of ether oxygens (including phenoxy) is 2. The van der Waals surface area contributed by atoms with Gasteiger partial charge in [0.25, 0.3) is 5.91 Å². The number of carbonyl (C=O) groups excluding carboxylic acids is 1. The maximum Gasteiger partial charge on any atom is 0.251 e. The molecule has 2 atom stereocenters. The third kappa shape index (κ3) is 4.64. The van der Waals surface area contributed by atoms with Crippen LogP contribution in [0.3, 0.4) is 0 Å². The number of phenolic OH excluding ortho intramolecular Hbond substituents is 1. The summed E-state index contributed by atoms with van der Waals surface area (Å²) in [6.07, 6.45) is 2.99. The van der Waals surface area contributed by atoms with Gasteiger partial charge in [-0.05, 0) is 38.3 Å². The molecule has 0 aromatic heterocycles. The molecular weight excluding hydrogens is 320 g/mol. The predicted molar refractivity (Wildman–Crippen MR) is 95.9 cm³/mol. The van der Waals surface area contributed by atoms with E-state index in [0.717, 1.165) is 25.1 Å². The largest absolute Gasteiger partial charge is 0.506 e. The Morgan fingerprint density at radius 1 is 1.28 bits per heavy atom. The van der Waals surface area contributed by atoms with Crippen LogP contribution in [0.15, 0.2) is 24.3 Å². The van der Waals surface area contributed by atoms with Crippen LogP contribution in [0.1, 0.15) is 26.2 Å². The van der Waals surface area contributed by atoms with Crippen LogP contribution in [-0.4, -0.2) is 67.5 Å². The molecule has 3 rings (SSSR count). The highest BCUT2D eigenvalue weighted by Crippen LogP contribution is 2.27. The van der Waals surface area contributed by atoms with Crippen LogP contribution in [0.5, 0.6) is 5.75 Å². The molecule has 2 heterocycles. The summed E-state index contributed by atoms with van der Waals surface area (Å²) in [4.78, 5) is 16.5. The fourth-order valence-corrected chi connectivity index (χ4v) is 3.42. The Bertz CT molecular complexity index is 566. The van der Waals surface area contributed by atoms with Gasteiger partial charge in [-0.3, -0.25) is 4.79 Å². The molecule has 0 spiro atoms. The molecule has 2 aliphatic rings. The molecule has 2 aliphatic heterocycles. The minimum Gasteiger partial charge on any atom is -0.506 e. The molecule has 2 saturated heterocycles. The molecule has 25 heavy (non-hydrogen) atoms. The number of nitrogens with zero attached hydrogens (tertiary/aromatic N) is 2. The first kappa shape index (κ1) is 18.0. The number of carbonyl (C=O) groups is 1. The number of hydrogen-bond acceptors (Lipinski definition) is 5. The highest BCUT2D eigenvalue weighted by atomic mass is 16.5. The van der Waals surface area contributed by atoms with Crippen LogP contribution in [0.25, 0.3) is 0 Å². The van der Waals surface area contributed by atoms with Gasteiger partial charge in [0.15, 0.2) is 0 Å². The summed E-state index contributed by atoms with van der Waals surface area (Å²) < 4.78 is 11.4. The lowest BCUT2D eigenvalue weighted by Gasteiger charge is -2.37. The standard InChI is InChI=1S/C19H28N2O4/c1-15(25-14-16-6-4-5-13-24-16)19(23)21-11-9-20(10-12-21)17-7-2-3-8-18(17)22/h2-3,7-8,15-16,22H,4-6,9-14H2,1H3/t15-,16-/m1/s1. The number of benzene rings is 1. The molecule has 0 bridgehead atoms. The van der Waals surface area contributed by atoms with Gasteiger partial charge in [0.05, 0.1) is 18.4 Å². The Morgan fingerprint density at radius 2 is 2.04 bits per heavy atom. The van der Waals surface area contributed by atoms with Crippen molar-refractivity contribution in [2.45, 2.75) is 38.4 Å². The van der Waals surface area contributed by atoms with E-state index in [1.165, 1.54) is 6.42 Å². The van der Waals surface area contributed by atoms with Crippen molar-refractivity contribution >= 4 is 11.6 Å². The van der Waals surface area contributed by atoms with Gasteiger partial charge in [-0.2, -0.15) is 0 Å². The van der Waals surface area contributed by atoms with Crippen molar-refractivity contribution in [1.29, 1.82) is 0 Å². The van der Waals surface area contributed by atoms with Crippen LogP contribution in [0.2, 0.25) is 0 Å². The van der Waals surface area contributed by atoms with Crippen LogP contribution in [-0.2, 0) is 14.3 Å². The lowest BCUT2D eigenvalue weighted by atomic mass is 10.1. The number of hydrogen-bond donors (Lipinski definition) is 1. The first-order valence-electron chi connectivity index (χ1n) is 9.20. The fraction of sp³-hybridized carbons (Fsp3) is 0.632. The fourth-order valence-electron chi connectivity index (χ4n) is 3.42. The van der Waals surface area contributed by atoms with E-state index in [-0.39, 0.29) is 17.8 Å². The minimum absolute atomic E-state index is 0.0349. The highest BCUT2D eigenvalue weighted by Gasteiger charge is 2.27. The van der Waals surface area contributed by atoms with E-state index < -0.39 is 6.10 Å². The van der Waals surface area contributed by atoms with Crippen molar-refractivity contribution in [1.82, 2.24) is 4.90 Å². The third-order valence-electron chi connectivity index (χ3n) is 4.97. The molecule has 0 aliphatic carbocycles. The summed E-state index contributed by atoms with van der Waals surface area (Å²) in [5.74, 6) is 0.319. The second kappa shape index (κ2) is 8.54. The summed E-state index contributed by atoms with van der Waals surface area (Å²) in [6, 6.07) is 7.32. The topological polar surface area (TPSA) is 62.2 Å². The quantitative estimate of drug-likeness (QED) is 0.882. The molecule has 0 saturated carbocycles. The van der Waals surface area contributed by atoms with Crippen molar-refractivity contribution in [3.05, 3.63) is 24.3 Å². The molecule has 0 unspecified atom stereocenters. The Balaban J connectivity index is 1.45. The molecule has 1 aromatic rings. The maximum atomic E-state index is 12.6. The Hall–Kier alpha value is -1.79. The lowest BCUT2D eigenvalue weighted by molar-refractivity contribution is -0.146.